The Labute approximate surface area is 185 Å². The molecule has 1 aliphatic rings. The van der Waals surface area contributed by atoms with Crippen LogP contribution in [-0.2, 0) is 4.79 Å². The highest BCUT2D eigenvalue weighted by molar-refractivity contribution is 5.80. The van der Waals surface area contributed by atoms with Crippen LogP contribution in [0.4, 0.5) is 0 Å². The van der Waals surface area contributed by atoms with E-state index in [1.807, 2.05) is 0 Å². The molecule has 0 fully saturated rings. The minimum absolute atomic E-state index is 0.0602. The van der Waals surface area contributed by atoms with Gasteiger partial charge in [0.15, 0.2) is 12.8 Å². The van der Waals surface area contributed by atoms with Crippen molar-refractivity contribution < 1.29 is 19.5 Å². The van der Waals surface area contributed by atoms with E-state index in [9.17, 15) is 15.0 Å². The number of aliphatic imine (C=N–C) groups is 1. The predicted octanol–water partition coefficient (Wildman–Crippen LogP) is 6.29. The Bertz CT molecular complexity index is 479. The molecule has 176 valence electrons. The van der Waals surface area contributed by atoms with Crippen molar-refractivity contribution in [1.82, 2.24) is 0 Å². The summed E-state index contributed by atoms with van der Waals surface area (Å²) in [4.78, 5) is 15.8. The van der Waals surface area contributed by atoms with Crippen LogP contribution in [0.1, 0.15) is 123 Å². The zero-order valence-electron chi connectivity index (χ0n) is 19.9. The fourth-order valence-corrected chi connectivity index (χ4v) is 4.71. The number of aliphatic hydroxyl groups is 1. The van der Waals surface area contributed by atoms with Gasteiger partial charge in [0.25, 0.3) is 0 Å². The van der Waals surface area contributed by atoms with E-state index in [-0.39, 0.29) is 11.0 Å². The molecule has 2 unspecified atom stereocenters. The Morgan fingerprint density at radius 3 is 1.70 bits per heavy atom. The van der Waals surface area contributed by atoms with E-state index in [2.05, 4.69) is 11.9 Å². The van der Waals surface area contributed by atoms with Crippen LogP contribution in [-0.4, -0.2) is 52.4 Å². The van der Waals surface area contributed by atoms with E-state index in [0.29, 0.717) is 13.1 Å². The molecule has 0 amide bonds. The van der Waals surface area contributed by atoms with Crippen molar-refractivity contribution in [1.29, 1.82) is 0 Å². The van der Waals surface area contributed by atoms with Crippen molar-refractivity contribution in [2.75, 3.05) is 19.6 Å². The molecule has 0 saturated carbocycles. The molecular weight excluding hydrogens is 376 g/mol. The third-order valence-electron chi connectivity index (χ3n) is 6.69. The summed E-state index contributed by atoms with van der Waals surface area (Å²) in [7, 11) is 0. The van der Waals surface area contributed by atoms with Crippen LogP contribution in [0.25, 0.3) is 0 Å². The lowest BCUT2D eigenvalue weighted by Gasteiger charge is -2.35. The van der Waals surface area contributed by atoms with Gasteiger partial charge in [-0.2, -0.15) is 0 Å². The van der Waals surface area contributed by atoms with Gasteiger partial charge in [0.1, 0.15) is 6.54 Å². The summed E-state index contributed by atoms with van der Waals surface area (Å²) in [5.41, 5.74) is 0. The number of carboxylic acid groups (broad SMARTS) is 1. The second kappa shape index (κ2) is 16.7. The van der Waals surface area contributed by atoms with Crippen LogP contribution in [0.3, 0.4) is 0 Å². The Hall–Kier alpha value is -0.940. The molecule has 1 rings (SSSR count). The maximum absolute atomic E-state index is 11.3. The molecule has 0 bridgehead atoms. The van der Waals surface area contributed by atoms with Gasteiger partial charge in [0.05, 0.1) is 6.54 Å². The number of quaternary nitrogens is 1. The van der Waals surface area contributed by atoms with Crippen molar-refractivity contribution in [3.8, 4) is 0 Å². The topological polar surface area (TPSA) is 69.9 Å². The number of aliphatic hydroxyl groups excluding tert-OH is 1. The molecular formula is C25H49N2O3+. The largest absolute Gasteiger partial charge is 0.477 e. The average molecular weight is 426 g/mol. The Balaban J connectivity index is 1.97. The van der Waals surface area contributed by atoms with Gasteiger partial charge in [-0.15, -0.1) is 0 Å². The number of unbranched alkanes of at least 4 members (excludes halogenated alkanes) is 15. The van der Waals surface area contributed by atoms with E-state index >= 15 is 0 Å². The van der Waals surface area contributed by atoms with E-state index in [0.717, 1.165) is 18.7 Å². The summed E-state index contributed by atoms with van der Waals surface area (Å²) in [5, 5.41) is 19.4. The zero-order chi connectivity index (χ0) is 22.1. The first-order valence-electron chi connectivity index (χ1n) is 12.8. The van der Waals surface area contributed by atoms with Crippen molar-refractivity contribution in [3.05, 3.63) is 0 Å². The third-order valence-corrected chi connectivity index (χ3v) is 6.69. The summed E-state index contributed by atoms with van der Waals surface area (Å²) in [6.07, 6.45) is 21.7. The predicted molar refractivity (Wildman–Crippen MR) is 126 cm³/mol. The molecule has 0 saturated heterocycles. The number of amidine groups is 1. The summed E-state index contributed by atoms with van der Waals surface area (Å²) >= 11 is 0. The quantitative estimate of drug-likeness (QED) is 0.178. The Morgan fingerprint density at radius 2 is 1.30 bits per heavy atom. The normalized spacial score (nSPS) is 19.8. The molecule has 0 spiro atoms. The lowest BCUT2D eigenvalue weighted by Crippen LogP contribution is -2.59. The minimum Gasteiger partial charge on any atom is -0.477 e. The highest BCUT2D eigenvalue weighted by atomic mass is 16.4. The molecule has 0 radical (unpaired) electrons. The SMILES string of the molecule is CCCCCCCCCCCCCCCCCCC1=NCC[N+]1(CC(=O)O)C(C)O. The van der Waals surface area contributed by atoms with Crippen molar-refractivity contribution in [2.24, 2.45) is 4.99 Å². The Kier molecular flexibility index (Phi) is 15.1. The molecule has 0 aliphatic carbocycles. The standard InChI is InChI=1S/C25H48N2O3/c1-3-4-5-6-7-8-9-10-11-12-13-14-15-16-17-18-19-24-26-20-21-27(24,23(2)28)22-25(29)30/h23,28H,3-22H2,1-2H3/p+1. The summed E-state index contributed by atoms with van der Waals surface area (Å²) in [6, 6.07) is 0. The number of nitrogens with zero attached hydrogens (tertiary/aromatic N) is 2. The van der Waals surface area contributed by atoms with E-state index in [1.165, 1.54) is 96.3 Å². The number of carboxylic acids is 1. The first-order valence-corrected chi connectivity index (χ1v) is 12.8. The zero-order valence-corrected chi connectivity index (χ0v) is 19.9. The maximum Gasteiger partial charge on any atom is 0.359 e. The van der Waals surface area contributed by atoms with Crippen LogP contribution < -0.4 is 0 Å². The Morgan fingerprint density at radius 1 is 0.867 bits per heavy atom. The van der Waals surface area contributed by atoms with Crippen LogP contribution in [0, 0.1) is 0 Å². The number of aliphatic carboxylic acids is 1. The fourth-order valence-electron chi connectivity index (χ4n) is 4.71. The molecule has 5 heteroatoms. The van der Waals surface area contributed by atoms with E-state index in [4.69, 9.17) is 0 Å². The van der Waals surface area contributed by atoms with Gasteiger partial charge >= 0.3 is 5.97 Å². The maximum atomic E-state index is 11.3. The minimum atomic E-state index is -0.863. The molecule has 1 heterocycles. The molecule has 0 aromatic rings. The van der Waals surface area contributed by atoms with Crippen LogP contribution in [0.15, 0.2) is 4.99 Å². The van der Waals surface area contributed by atoms with Gasteiger partial charge in [0, 0.05) is 13.3 Å². The first kappa shape index (κ1) is 27.1. The van der Waals surface area contributed by atoms with E-state index < -0.39 is 12.2 Å². The van der Waals surface area contributed by atoms with Gasteiger partial charge in [-0.3, -0.25) is 0 Å². The first-order chi connectivity index (χ1) is 14.5. The summed E-state index contributed by atoms with van der Waals surface area (Å²) < 4.78 is 0.133. The molecule has 0 aromatic carbocycles. The number of rotatable bonds is 20. The van der Waals surface area contributed by atoms with Crippen LogP contribution in [0.2, 0.25) is 0 Å². The van der Waals surface area contributed by atoms with Crippen molar-refractivity contribution in [2.45, 2.75) is 129 Å². The van der Waals surface area contributed by atoms with Gasteiger partial charge in [-0.1, -0.05) is 103 Å². The number of carbonyl (C=O) groups is 1. The molecule has 2 N–H and O–H groups in total. The third kappa shape index (κ3) is 10.9. The highest BCUT2D eigenvalue weighted by Crippen LogP contribution is 2.23. The highest BCUT2D eigenvalue weighted by Gasteiger charge is 2.43. The van der Waals surface area contributed by atoms with Gasteiger partial charge in [-0.25, -0.2) is 14.3 Å². The second-order valence-corrected chi connectivity index (χ2v) is 9.29. The second-order valence-electron chi connectivity index (χ2n) is 9.29. The van der Waals surface area contributed by atoms with Gasteiger partial charge in [0.2, 0.25) is 5.84 Å². The summed E-state index contributed by atoms with van der Waals surface area (Å²) in [5.74, 6) is 0.0234. The monoisotopic (exact) mass is 425 g/mol. The van der Waals surface area contributed by atoms with Gasteiger partial charge < -0.3 is 10.2 Å². The molecule has 2 atom stereocenters. The van der Waals surface area contributed by atoms with E-state index in [1.54, 1.807) is 6.92 Å². The van der Waals surface area contributed by atoms with Crippen molar-refractivity contribution >= 4 is 11.8 Å². The number of hydrogen-bond acceptors (Lipinski definition) is 3. The number of hydrogen-bond donors (Lipinski definition) is 2. The fraction of sp³-hybridized carbons (Fsp3) is 0.920. The lowest BCUT2D eigenvalue weighted by molar-refractivity contribution is -0.877. The summed E-state index contributed by atoms with van der Waals surface area (Å²) in [6.45, 7) is 5.15. The van der Waals surface area contributed by atoms with Gasteiger partial charge in [-0.05, 0) is 6.42 Å². The van der Waals surface area contributed by atoms with Crippen LogP contribution in [0.5, 0.6) is 0 Å². The average Bonchev–Trinajstić information content (AvgIpc) is 3.10. The van der Waals surface area contributed by atoms with Crippen molar-refractivity contribution in [3.63, 3.8) is 0 Å². The molecule has 30 heavy (non-hydrogen) atoms. The molecule has 1 aliphatic heterocycles. The molecule has 5 nitrogen and oxygen atoms in total. The molecule has 0 aromatic heterocycles. The lowest BCUT2D eigenvalue weighted by atomic mass is 10.0. The smallest absolute Gasteiger partial charge is 0.359 e. The van der Waals surface area contributed by atoms with Crippen LogP contribution >= 0.6 is 0 Å².